The molecule has 1 rings (SSSR count). The molecule has 0 radical (unpaired) electrons. The molecule has 0 saturated heterocycles. The summed E-state index contributed by atoms with van der Waals surface area (Å²) in [4.78, 5) is 0. The third-order valence-corrected chi connectivity index (χ3v) is 2.92. The van der Waals surface area contributed by atoms with Gasteiger partial charge in [0.1, 0.15) is 0 Å². The van der Waals surface area contributed by atoms with E-state index in [1.807, 2.05) is 0 Å². The number of benzene rings is 1. The highest BCUT2D eigenvalue weighted by Gasteiger charge is 2.01. The van der Waals surface area contributed by atoms with E-state index in [9.17, 15) is 0 Å². The van der Waals surface area contributed by atoms with Gasteiger partial charge in [0.05, 0.1) is 0 Å². The molecule has 0 bridgehead atoms. The summed E-state index contributed by atoms with van der Waals surface area (Å²) in [6.45, 7) is 6.53. The third kappa shape index (κ3) is 2.10. The van der Waals surface area contributed by atoms with Gasteiger partial charge in [-0.25, -0.2) is 0 Å². The molecular formula is C11H15Br. The van der Waals surface area contributed by atoms with Gasteiger partial charge in [-0.15, -0.1) is 0 Å². The zero-order chi connectivity index (χ0) is 9.14. The molecular weight excluding hydrogens is 212 g/mol. The lowest BCUT2D eigenvalue weighted by atomic mass is 10.0. The lowest BCUT2D eigenvalue weighted by Gasteiger charge is -2.06. The lowest BCUT2D eigenvalue weighted by molar-refractivity contribution is 0.914. The first kappa shape index (κ1) is 9.79. The van der Waals surface area contributed by atoms with E-state index in [1.54, 1.807) is 0 Å². The monoisotopic (exact) mass is 226 g/mol. The van der Waals surface area contributed by atoms with Gasteiger partial charge >= 0.3 is 0 Å². The van der Waals surface area contributed by atoms with Crippen LogP contribution < -0.4 is 0 Å². The van der Waals surface area contributed by atoms with E-state index in [0.29, 0.717) is 0 Å². The van der Waals surface area contributed by atoms with Crippen molar-refractivity contribution in [3.8, 4) is 0 Å². The molecule has 0 atom stereocenters. The second kappa shape index (κ2) is 4.08. The fourth-order valence-electron chi connectivity index (χ4n) is 1.30. The molecule has 0 N–H and O–H groups in total. The molecule has 0 amide bonds. The Bertz CT molecular complexity index is 277. The number of aryl methyl sites for hydroxylation is 3. The fourth-order valence-corrected chi connectivity index (χ4v) is 1.96. The van der Waals surface area contributed by atoms with E-state index < -0.39 is 0 Å². The molecule has 0 aromatic heterocycles. The highest BCUT2D eigenvalue weighted by molar-refractivity contribution is 9.10. The van der Waals surface area contributed by atoms with Crippen LogP contribution in [0.1, 0.15) is 30.0 Å². The van der Waals surface area contributed by atoms with Crippen LogP contribution in [-0.2, 0) is 6.42 Å². The number of halogens is 1. The summed E-state index contributed by atoms with van der Waals surface area (Å²) in [7, 11) is 0. The molecule has 0 saturated carbocycles. The maximum Gasteiger partial charge on any atom is 0.0210 e. The van der Waals surface area contributed by atoms with Crippen molar-refractivity contribution in [3.63, 3.8) is 0 Å². The zero-order valence-corrected chi connectivity index (χ0v) is 9.53. The Kier molecular flexibility index (Phi) is 3.33. The standard InChI is InChI=1S/C11H15Br/c1-4-5-10-6-8(2)9(3)7-11(10)12/h6-7H,4-5H2,1-3H3. The van der Waals surface area contributed by atoms with E-state index in [2.05, 4.69) is 48.8 Å². The van der Waals surface area contributed by atoms with E-state index >= 15 is 0 Å². The molecule has 0 unspecified atom stereocenters. The third-order valence-electron chi connectivity index (χ3n) is 2.18. The number of hydrogen-bond donors (Lipinski definition) is 0. The number of rotatable bonds is 2. The van der Waals surface area contributed by atoms with Crippen LogP contribution in [0.2, 0.25) is 0 Å². The highest BCUT2D eigenvalue weighted by Crippen LogP contribution is 2.22. The van der Waals surface area contributed by atoms with Crippen LogP contribution in [0.5, 0.6) is 0 Å². The van der Waals surface area contributed by atoms with Crippen molar-refractivity contribution >= 4 is 15.9 Å². The molecule has 0 aliphatic rings. The van der Waals surface area contributed by atoms with E-state index in [-0.39, 0.29) is 0 Å². The largest absolute Gasteiger partial charge is 0.0651 e. The maximum absolute atomic E-state index is 3.58. The van der Waals surface area contributed by atoms with Crippen molar-refractivity contribution in [1.82, 2.24) is 0 Å². The van der Waals surface area contributed by atoms with Crippen molar-refractivity contribution in [2.24, 2.45) is 0 Å². The highest BCUT2D eigenvalue weighted by atomic mass is 79.9. The predicted molar refractivity (Wildman–Crippen MR) is 57.6 cm³/mol. The summed E-state index contributed by atoms with van der Waals surface area (Å²) in [5.74, 6) is 0. The van der Waals surface area contributed by atoms with Crippen LogP contribution in [0.15, 0.2) is 16.6 Å². The fraction of sp³-hybridized carbons (Fsp3) is 0.455. The number of hydrogen-bond acceptors (Lipinski definition) is 0. The second-order valence-corrected chi connectivity index (χ2v) is 4.13. The zero-order valence-electron chi connectivity index (χ0n) is 7.95. The summed E-state index contributed by atoms with van der Waals surface area (Å²) in [6.07, 6.45) is 2.38. The molecule has 0 fully saturated rings. The Hall–Kier alpha value is -0.300. The van der Waals surface area contributed by atoms with Gasteiger partial charge in [0.25, 0.3) is 0 Å². The minimum Gasteiger partial charge on any atom is -0.0651 e. The summed E-state index contributed by atoms with van der Waals surface area (Å²) < 4.78 is 1.26. The summed E-state index contributed by atoms with van der Waals surface area (Å²) in [5, 5.41) is 0. The van der Waals surface area contributed by atoms with Gasteiger partial charge in [0, 0.05) is 4.47 Å². The van der Waals surface area contributed by atoms with E-state index in [0.717, 1.165) is 0 Å². The van der Waals surface area contributed by atoms with Crippen molar-refractivity contribution < 1.29 is 0 Å². The Morgan fingerprint density at radius 2 is 1.75 bits per heavy atom. The molecule has 1 aromatic carbocycles. The normalized spacial score (nSPS) is 10.3. The molecule has 0 spiro atoms. The lowest BCUT2D eigenvalue weighted by Crippen LogP contribution is -1.89. The Morgan fingerprint density at radius 1 is 1.17 bits per heavy atom. The Labute approximate surface area is 83.1 Å². The SMILES string of the molecule is CCCc1cc(C)c(C)cc1Br. The molecule has 0 aliphatic carbocycles. The van der Waals surface area contributed by atoms with E-state index in [1.165, 1.54) is 34.0 Å². The summed E-state index contributed by atoms with van der Waals surface area (Å²) in [5.41, 5.74) is 4.18. The van der Waals surface area contributed by atoms with Crippen molar-refractivity contribution in [1.29, 1.82) is 0 Å². The van der Waals surface area contributed by atoms with Crippen LogP contribution >= 0.6 is 15.9 Å². The Balaban J connectivity index is 3.05. The Morgan fingerprint density at radius 3 is 2.33 bits per heavy atom. The second-order valence-electron chi connectivity index (χ2n) is 3.28. The first-order valence-corrected chi connectivity index (χ1v) is 5.20. The molecule has 0 nitrogen and oxygen atoms in total. The average Bonchev–Trinajstić information content (AvgIpc) is 2.01. The molecule has 1 heteroatoms. The molecule has 1 aromatic rings. The first-order chi connectivity index (χ1) is 5.65. The van der Waals surface area contributed by atoms with Gasteiger partial charge in [-0.2, -0.15) is 0 Å². The maximum atomic E-state index is 3.58. The summed E-state index contributed by atoms with van der Waals surface area (Å²) in [6, 6.07) is 4.49. The van der Waals surface area contributed by atoms with Crippen LogP contribution in [0, 0.1) is 13.8 Å². The molecule has 12 heavy (non-hydrogen) atoms. The van der Waals surface area contributed by atoms with Crippen molar-refractivity contribution in [2.75, 3.05) is 0 Å². The smallest absolute Gasteiger partial charge is 0.0210 e. The molecule has 0 heterocycles. The summed E-state index contributed by atoms with van der Waals surface area (Å²) >= 11 is 3.58. The van der Waals surface area contributed by atoms with Crippen LogP contribution in [-0.4, -0.2) is 0 Å². The minimum atomic E-state index is 1.17. The predicted octanol–water partition coefficient (Wildman–Crippen LogP) is 4.02. The van der Waals surface area contributed by atoms with Crippen LogP contribution in [0.3, 0.4) is 0 Å². The van der Waals surface area contributed by atoms with Crippen molar-refractivity contribution in [3.05, 3.63) is 33.3 Å². The molecule has 0 aliphatic heterocycles. The van der Waals surface area contributed by atoms with E-state index in [4.69, 9.17) is 0 Å². The van der Waals surface area contributed by atoms with Crippen LogP contribution in [0.25, 0.3) is 0 Å². The van der Waals surface area contributed by atoms with Gasteiger partial charge in [0.2, 0.25) is 0 Å². The van der Waals surface area contributed by atoms with Gasteiger partial charge in [0.15, 0.2) is 0 Å². The van der Waals surface area contributed by atoms with Gasteiger partial charge < -0.3 is 0 Å². The minimum absolute atomic E-state index is 1.17. The first-order valence-electron chi connectivity index (χ1n) is 4.40. The average molecular weight is 227 g/mol. The van der Waals surface area contributed by atoms with Gasteiger partial charge in [-0.3, -0.25) is 0 Å². The van der Waals surface area contributed by atoms with Crippen molar-refractivity contribution in [2.45, 2.75) is 33.6 Å². The van der Waals surface area contributed by atoms with Crippen LogP contribution in [0.4, 0.5) is 0 Å². The van der Waals surface area contributed by atoms with Gasteiger partial charge in [-0.1, -0.05) is 35.3 Å². The topological polar surface area (TPSA) is 0 Å². The van der Waals surface area contributed by atoms with Gasteiger partial charge in [-0.05, 0) is 43.0 Å². The molecule has 66 valence electrons. The quantitative estimate of drug-likeness (QED) is 0.715.